The van der Waals surface area contributed by atoms with Gasteiger partial charge in [-0.25, -0.2) is 30.1 Å². The first kappa shape index (κ1) is 57.3. The Morgan fingerprint density at radius 3 is 1.78 bits per heavy atom. The van der Waals surface area contributed by atoms with E-state index in [0.29, 0.717) is 29.3 Å². The second-order valence-electron chi connectivity index (χ2n) is 23.5. The topological polar surface area (TPSA) is 136 Å². The Morgan fingerprint density at radius 2 is 1.16 bits per heavy atom. The molecule has 0 bridgehead atoms. The third-order valence-electron chi connectivity index (χ3n) is 16.1. The van der Waals surface area contributed by atoms with Crippen molar-refractivity contribution in [1.29, 1.82) is 0 Å². The van der Waals surface area contributed by atoms with Crippen LogP contribution >= 0.6 is 0 Å². The van der Waals surface area contributed by atoms with Gasteiger partial charge in [-0.15, -0.1) is 0 Å². The minimum atomic E-state index is -3.28. The van der Waals surface area contributed by atoms with Gasteiger partial charge >= 0.3 is 0 Å². The smallest absolute Gasteiger partial charge is 0.237 e. The zero-order valence-corrected chi connectivity index (χ0v) is 49.2. The number of nitrogens with zero attached hydrogens (tertiary/aromatic N) is 5. The van der Waals surface area contributed by atoms with E-state index in [1.165, 1.54) is 63.7 Å². The molecule has 5 aromatic carbocycles. The molecule has 3 aliphatic carbocycles. The molecule has 4 atom stereocenters. The van der Waals surface area contributed by atoms with Gasteiger partial charge in [0.1, 0.15) is 0 Å². The van der Waals surface area contributed by atoms with Gasteiger partial charge in [0.2, 0.25) is 0 Å². The molecule has 5 aliphatic rings. The van der Waals surface area contributed by atoms with Crippen LogP contribution in [0.25, 0.3) is 32.6 Å². The summed E-state index contributed by atoms with van der Waals surface area (Å²) in [6.07, 6.45) is 12.6. The molecule has 11 nitrogen and oxygen atoms in total. The van der Waals surface area contributed by atoms with Gasteiger partial charge in [-0.05, 0) is 168 Å². The number of rotatable bonds is 9. The molecule has 7 aromatic rings. The molecule has 2 saturated carbocycles. The zero-order chi connectivity index (χ0) is 54.7. The van der Waals surface area contributed by atoms with Gasteiger partial charge in [-0.1, -0.05) is 148 Å². The first-order valence-corrected chi connectivity index (χ1v) is 32.6. The molecule has 4 unspecified atom stereocenters. The molecule has 2 aromatic heterocycles. The summed E-state index contributed by atoms with van der Waals surface area (Å²) < 4.78 is 67.9. The first-order valence-electron chi connectivity index (χ1n) is 27.9. The average molecular weight is 1090 g/mol. The van der Waals surface area contributed by atoms with Crippen LogP contribution in [0.1, 0.15) is 160 Å². The number of hydrogen-bond acceptors (Lipinski definition) is 7. The number of aryl methyl sites for hydroxylation is 1. The summed E-state index contributed by atoms with van der Waals surface area (Å²) in [6.45, 7) is 24.0. The average Bonchev–Trinajstić information content (AvgIpc) is 4.34. The predicted molar refractivity (Wildman–Crippen MR) is 318 cm³/mol. The van der Waals surface area contributed by atoms with E-state index in [1.807, 2.05) is 36.4 Å². The summed E-state index contributed by atoms with van der Waals surface area (Å²) in [5.74, 6) is 8.54. The van der Waals surface area contributed by atoms with E-state index < -0.39 is 29.9 Å². The third-order valence-corrected chi connectivity index (χ3v) is 22.1. The highest BCUT2D eigenvalue weighted by atomic mass is 32.2. The molecule has 14 heteroatoms. The Labute approximate surface area is 455 Å². The molecule has 0 amide bonds. The summed E-state index contributed by atoms with van der Waals surface area (Å²) in [4.78, 5) is 0. The van der Waals surface area contributed by atoms with E-state index in [1.54, 1.807) is 23.5 Å². The lowest BCUT2D eigenvalue weighted by atomic mass is 9.78. The van der Waals surface area contributed by atoms with Crippen LogP contribution in [0, 0.1) is 23.7 Å². The van der Waals surface area contributed by atoms with Crippen molar-refractivity contribution in [3.05, 3.63) is 143 Å². The van der Waals surface area contributed by atoms with E-state index >= 15 is 0 Å². The van der Waals surface area contributed by atoms with Crippen LogP contribution in [0.3, 0.4) is 0 Å². The van der Waals surface area contributed by atoms with Gasteiger partial charge in [-0.3, -0.25) is 0 Å². The molecule has 410 valence electrons. The molecule has 4 heterocycles. The van der Waals surface area contributed by atoms with Crippen molar-refractivity contribution in [3.8, 4) is 0 Å². The fraction of sp³-hybridized carbons (Fsp3) is 0.500. The van der Waals surface area contributed by atoms with E-state index in [-0.39, 0.29) is 10.5 Å². The van der Waals surface area contributed by atoms with Crippen LogP contribution < -0.4 is 4.72 Å². The van der Waals surface area contributed by atoms with Crippen molar-refractivity contribution in [2.75, 3.05) is 13.1 Å². The summed E-state index contributed by atoms with van der Waals surface area (Å²) in [5, 5.41) is 12.2. The second kappa shape index (κ2) is 24.0. The van der Waals surface area contributed by atoms with Crippen LogP contribution in [0.2, 0.25) is 0 Å². The summed E-state index contributed by atoms with van der Waals surface area (Å²) in [7, 11) is -8.64. The standard InChI is InChI=1S/2C13H16N2O2S.C13H18.C13H14.C10H20N2OS/c1-9(2)10-3-6-13-11(7-10)8-15(14-13)18(16,17)12-4-5-12;1-9(2)10-3-6-13-11(7-10)8-14-15(13)18(16,17)12-4-5-12;2*1-10(2)12-8-7-11-5-3-4-6-13(11)9-12;1-8(2)9-4-5-12-10(6-9)7-11-14(12,3)13/h2*3,6-9,12H,4-5H2,1-2H3;3-6,10,12H,7-9H2,1-2H3;3-10H,1-2H3;8-10H,3-7H2,1-2H3,(H,11,13). The molecule has 4 fully saturated rings. The highest BCUT2D eigenvalue weighted by Crippen LogP contribution is 2.35. The summed E-state index contributed by atoms with van der Waals surface area (Å²) >= 11 is 0. The Hall–Kier alpha value is -4.86. The monoisotopic (exact) mass is 1090 g/mol. The maximum absolute atomic E-state index is 12.2. The summed E-state index contributed by atoms with van der Waals surface area (Å²) in [5.41, 5.74) is 8.41. The largest absolute Gasteiger partial charge is 0.257 e. The van der Waals surface area contributed by atoms with Crippen LogP contribution in [-0.4, -0.2) is 79.2 Å². The Kier molecular flexibility index (Phi) is 18.1. The fourth-order valence-corrected chi connectivity index (χ4v) is 15.3. The van der Waals surface area contributed by atoms with Crippen molar-refractivity contribution in [1.82, 2.24) is 27.4 Å². The third kappa shape index (κ3) is 13.7. The van der Waals surface area contributed by atoms with Crippen molar-refractivity contribution in [2.45, 2.75) is 161 Å². The molecular formula is C62H84N6O5S3. The summed E-state index contributed by atoms with van der Waals surface area (Å²) in [6, 6.07) is 36.3. The zero-order valence-electron chi connectivity index (χ0n) is 46.7. The highest BCUT2D eigenvalue weighted by Gasteiger charge is 2.40. The molecule has 2 saturated heterocycles. The number of hydrogen-bond donors (Lipinski definition) is 1. The van der Waals surface area contributed by atoms with Gasteiger partial charge < -0.3 is 0 Å². The Balaban J connectivity index is 0.000000127. The van der Waals surface area contributed by atoms with Crippen molar-refractivity contribution < 1.29 is 21.0 Å². The fourth-order valence-electron chi connectivity index (χ4n) is 10.5. The minimum absolute atomic E-state index is 0.226. The van der Waals surface area contributed by atoms with Gasteiger partial charge in [0, 0.05) is 29.9 Å². The van der Waals surface area contributed by atoms with Crippen molar-refractivity contribution >= 4 is 68.4 Å². The van der Waals surface area contributed by atoms with Gasteiger partial charge in [-0.2, -0.15) is 18.4 Å². The lowest BCUT2D eigenvalue weighted by molar-refractivity contribution is 0.184. The Bertz CT molecular complexity index is 3430. The molecule has 1 N–H and O–H groups in total. The van der Waals surface area contributed by atoms with Crippen molar-refractivity contribution in [2.24, 2.45) is 23.7 Å². The van der Waals surface area contributed by atoms with E-state index in [4.69, 9.17) is 0 Å². The van der Waals surface area contributed by atoms with Crippen LogP contribution in [0.4, 0.5) is 0 Å². The number of aromatic nitrogens is 4. The lowest BCUT2D eigenvalue weighted by Crippen LogP contribution is -2.42. The molecule has 0 spiro atoms. The normalized spacial score (nSPS) is 21.6. The SMILES string of the molecule is C=S1(=O)NCC2CC(C(C)C)CCN21.CC(C)C1CCc2ccccc2C1.CC(C)c1ccc2c(cnn2S(=O)(=O)C2CC2)c1.CC(C)c1ccc2ccccc2c1.CC(C)c1ccc2nn(S(=O)(=O)C3CC3)cc2c1. The maximum Gasteiger partial charge on any atom is 0.257 e. The first-order chi connectivity index (χ1) is 36.0. The van der Waals surface area contributed by atoms with Gasteiger partial charge in [0.15, 0.2) is 0 Å². The maximum atomic E-state index is 12.2. The molecule has 76 heavy (non-hydrogen) atoms. The van der Waals surface area contributed by atoms with E-state index in [0.717, 1.165) is 82.8 Å². The molecule has 0 radical (unpaired) electrons. The second-order valence-corrected chi connectivity index (χ2v) is 29.7. The highest BCUT2D eigenvalue weighted by molar-refractivity contribution is 7.96. The number of fused-ring (bicyclic) bond motifs is 5. The minimum Gasteiger partial charge on any atom is -0.237 e. The van der Waals surface area contributed by atoms with Gasteiger partial charge in [0.25, 0.3) is 20.0 Å². The Morgan fingerprint density at radius 1 is 0.605 bits per heavy atom. The van der Waals surface area contributed by atoms with Crippen LogP contribution in [0.5, 0.6) is 0 Å². The number of benzene rings is 5. The predicted octanol–water partition coefficient (Wildman–Crippen LogP) is 13.3. The van der Waals surface area contributed by atoms with E-state index in [9.17, 15) is 21.0 Å². The van der Waals surface area contributed by atoms with Gasteiger partial charge in [0.05, 0.1) is 43.8 Å². The molecule has 2 aliphatic heterocycles. The molecule has 12 rings (SSSR count). The lowest BCUT2D eigenvalue weighted by Gasteiger charge is -2.35. The van der Waals surface area contributed by atoms with Crippen LogP contribution in [0.15, 0.2) is 116 Å². The van der Waals surface area contributed by atoms with Crippen molar-refractivity contribution in [3.63, 3.8) is 0 Å². The van der Waals surface area contributed by atoms with E-state index in [2.05, 4.69) is 161 Å². The molecular weight excluding hydrogens is 1000 g/mol. The number of nitrogens with one attached hydrogen (secondary N) is 1. The number of piperidine rings is 1. The van der Waals surface area contributed by atoms with Crippen LogP contribution in [-0.2, 0) is 42.8 Å². The quantitative estimate of drug-likeness (QED) is 0.142.